The molecule has 138 valence electrons. The minimum absolute atomic E-state index is 0.0673. The zero-order chi connectivity index (χ0) is 18.5. The van der Waals surface area contributed by atoms with Crippen LogP contribution in [0, 0.1) is 12.8 Å². The maximum Gasteiger partial charge on any atom is 0.243 e. The van der Waals surface area contributed by atoms with E-state index in [1.807, 2.05) is 31.2 Å². The standard InChI is InChI=1S/C18H23N5O2S/c1-12-5-7-14(8-6-12)10-19-16(25)15-4-3-9-23(11-15)18-21-17(22-26-18)20-13(2)24/h5-8,15H,3-4,9-11H2,1-2H3,(H,19,25)(H,20,22,24). The van der Waals surface area contributed by atoms with Gasteiger partial charge in [0.15, 0.2) is 0 Å². The van der Waals surface area contributed by atoms with Crippen molar-refractivity contribution in [2.45, 2.75) is 33.2 Å². The molecule has 2 amide bonds. The maximum atomic E-state index is 12.5. The Bertz CT molecular complexity index is 774. The highest BCUT2D eigenvalue weighted by atomic mass is 32.1. The molecule has 1 saturated heterocycles. The van der Waals surface area contributed by atoms with Gasteiger partial charge in [0, 0.05) is 38.1 Å². The van der Waals surface area contributed by atoms with E-state index in [1.165, 1.54) is 24.0 Å². The summed E-state index contributed by atoms with van der Waals surface area (Å²) in [5, 5.41) is 6.36. The fourth-order valence-electron chi connectivity index (χ4n) is 2.96. The molecule has 0 spiro atoms. The van der Waals surface area contributed by atoms with Crippen molar-refractivity contribution in [2.24, 2.45) is 5.92 Å². The van der Waals surface area contributed by atoms with Crippen molar-refractivity contribution < 1.29 is 9.59 Å². The molecular formula is C18H23N5O2S. The number of carbonyl (C=O) groups excluding carboxylic acids is 2. The number of piperidine rings is 1. The number of nitrogens with one attached hydrogen (secondary N) is 2. The second-order valence-corrected chi connectivity index (χ2v) is 7.30. The second kappa shape index (κ2) is 8.27. The number of benzene rings is 1. The normalized spacial score (nSPS) is 17.0. The molecule has 8 heteroatoms. The van der Waals surface area contributed by atoms with Crippen molar-refractivity contribution in [3.63, 3.8) is 0 Å². The highest BCUT2D eigenvalue weighted by Gasteiger charge is 2.27. The summed E-state index contributed by atoms with van der Waals surface area (Å²) in [5.74, 6) is 0.133. The first-order valence-electron chi connectivity index (χ1n) is 8.71. The Balaban J connectivity index is 1.55. The van der Waals surface area contributed by atoms with Gasteiger partial charge in [-0.3, -0.25) is 14.9 Å². The fourth-order valence-corrected chi connectivity index (χ4v) is 3.62. The van der Waals surface area contributed by atoms with Gasteiger partial charge in [0.2, 0.25) is 22.9 Å². The molecule has 1 unspecified atom stereocenters. The van der Waals surface area contributed by atoms with E-state index in [0.29, 0.717) is 19.0 Å². The molecule has 7 nitrogen and oxygen atoms in total. The number of hydrogen-bond acceptors (Lipinski definition) is 6. The molecule has 2 heterocycles. The molecule has 1 fully saturated rings. The number of rotatable bonds is 5. The lowest BCUT2D eigenvalue weighted by Crippen LogP contribution is -2.43. The molecule has 1 aliphatic rings. The molecule has 1 aromatic carbocycles. The predicted molar refractivity (Wildman–Crippen MR) is 102 cm³/mol. The molecule has 0 radical (unpaired) electrons. The largest absolute Gasteiger partial charge is 0.352 e. The highest BCUT2D eigenvalue weighted by molar-refractivity contribution is 7.09. The summed E-state index contributed by atoms with van der Waals surface area (Å²) >= 11 is 1.24. The minimum Gasteiger partial charge on any atom is -0.352 e. The topological polar surface area (TPSA) is 87.2 Å². The smallest absolute Gasteiger partial charge is 0.243 e. The molecule has 0 aliphatic carbocycles. The quantitative estimate of drug-likeness (QED) is 0.840. The van der Waals surface area contributed by atoms with Gasteiger partial charge in [-0.25, -0.2) is 0 Å². The third-order valence-electron chi connectivity index (χ3n) is 4.35. The van der Waals surface area contributed by atoms with Gasteiger partial charge in [0.25, 0.3) is 0 Å². The van der Waals surface area contributed by atoms with Crippen LogP contribution >= 0.6 is 11.5 Å². The molecule has 3 rings (SSSR count). The van der Waals surface area contributed by atoms with Crippen molar-refractivity contribution in [2.75, 3.05) is 23.3 Å². The van der Waals surface area contributed by atoms with E-state index in [-0.39, 0.29) is 17.7 Å². The van der Waals surface area contributed by atoms with Crippen LogP contribution in [0.25, 0.3) is 0 Å². The Labute approximate surface area is 157 Å². The van der Waals surface area contributed by atoms with Crippen molar-refractivity contribution in [1.82, 2.24) is 14.7 Å². The van der Waals surface area contributed by atoms with E-state index in [0.717, 1.165) is 30.1 Å². The van der Waals surface area contributed by atoms with Gasteiger partial charge in [0.05, 0.1) is 5.92 Å². The van der Waals surface area contributed by atoms with E-state index in [2.05, 4.69) is 24.9 Å². The van der Waals surface area contributed by atoms with Crippen LogP contribution in [0.5, 0.6) is 0 Å². The van der Waals surface area contributed by atoms with E-state index in [9.17, 15) is 9.59 Å². The van der Waals surface area contributed by atoms with E-state index in [1.54, 1.807) is 0 Å². The number of anilines is 2. The van der Waals surface area contributed by atoms with Gasteiger partial charge >= 0.3 is 0 Å². The summed E-state index contributed by atoms with van der Waals surface area (Å²) in [6, 6.07) is 8.17. The number of carbonyl (C=O) groups is 2. The average molecular weight is 373 g/mol. The SMILES string of the molecule is CC(=O)Nc1nsc(N2CCCC(C(=O)NCc3ccc(C)cc3)C2)n1. The first kappa shape index (κ1) is 18.3. The number of nitrogens with zero attached hydrogens (tertiary/aromatic N) is 3. The molecule has 2 N–H and O–H groups in total. The average Bonchev–Trinajstić information content (AvgIpc) is 3.09. The van der Waals surface area contributed by atoms with E-state index in [4.69, 9.17) is 0 Å². The second-order valence-electron chi connectivity index (χ2n) is 6.57. The molecular weight excluding hydrogens is 350 g/mol. The Kier molecular flexibility index (Phi) is 5.82. The van der Waals surface area contributed by atoms with Gasteiger partial charge in [-0.2, -0.15) is 9.36 Å². The Morgan fingerprint density at radius 1 is 1.31 bits per heavy atom. The minimum atomic E-state index is -0.193. The van der Waals surface area contributed by atoms with Crippen molar-refractivity contribution >= 4 is 34.4 Å². The van der Waals surface area contributed by atoms with Crippen LogP contribution in [-0.2, 0) is 16.1 Å². The summed E-state index contributed by atoms with van der Waals surface area (Å²) < 4.78 is 4.14. The van der Waals surface area contributed by atoms with Gasteiger partial charge in [-0.05, 0) is 25.3 Å². The molecule has 1 atom stereocenters. The van der Waals surface area contributed by atoms with Crippen LogP contribution in [0.4, 0.5) is 11.1 Å². The van der Waals surface area contributed by atoms with Crippen LogP contribution in [0.2, 0.25) is 0 Å². The first-order chi connectivity index (χ1) is 12.5. The summed E-state index contributed by atoms with van der Waals surface area (Å²) in [6.07, 6.45) is 1.80. The molecule has 2 aromatic rings. The number of amides is 2. The van der Waals surface area contributed by atoms with Gasteiger partial charge in [-0.1, -0.05) is 29.8 Å². The zero-order valence-corrected chi connectivity index (χ0v) is 15.8. The first-order valence-corrected chi connectivity index (χ1v) is 9.48. The van der Waals surface area contributed by atoms with Crippen LogP contribution in [0.3, 0.4) is 0 Å². The number of aryl methyl sites for hydroxylation is 1. The van der Waals surface area contributed by atoms with Gasteiger partial charge in [0.1, 0.15) is 0 Å². The summed E-state index contributed by atoms with van der Waals surface area (Å²) in [5.41, 5.74) is 2.30. The number of hydrogen-bond donors (Lipinski definition) is 2. The fraction of sp³-hybridized carbons (Fsp3) is 0.444. The third-order valence-corrected chi connectivity index (χ3v) is 5.13. The van der Waals surface area contributed by atoms with Crippen molar-refractivity contribution in [3.05, 3.63) is 35.4 Å². The third kappa shape index (κ3) is 4.78. The Morgan fingerprint density at radius 3 is 2.81 bits per heavy atom. The Hall–Kier alpha value is -2.48. The lowest BCUT2D eigenvalue weighted by Gasteiger charge is -2.31. The molecule has 0 saturated carbocycles. The molecule has 0 bridgehead atoms. The van der Waals surface area contributed by atoms with Crippen molar-refractivity contribution in [3.8, 4) is 0 Å². The van der Waals surface area contributed by atoms with Crippen molar-refractivity contribution in [1.29, 1.82) is 0 Å². The molecule has 1 aliphatic heterocycles. The van der Waals surface area contributed by atoms with Gasteiger partial charge < -0.3 is 10.2 Å². The van der Waals surface area contributed by atoms with Gasteiger partial charge in [-0.15, -0.1) is 0 Å². The van der Waals surface area contributed by atoms with Crippen LogP contribution < -0.4 is 15.5 Å². The molecule has 26 heavy (non-hydrogen) atoms. The van der Waals surface area contributed by atoms with Crippen LogP contribution in [0.15, 0.2) is 24.3 Å². The lowest BCUT2D eigenvalue weighted by molar-refractivity contribution is -0.125. The predicted octanol–water partition coefficient (Wildman–Crippen LogP) is 2.34. The van der Waals surface area contributed by atoms with Crippen LogP contribution in [-0.4, -0.2) is 34.3 Å². The highest BCUT2D eigenvalue weighted by Crippen LogP contribution is 2.26. The summed E-state index contributed by atoms with van der Waals surface area (Å²) in [6.45, 7) is 5.48. The van der Waals surface area contributed by atoms with E-state index >= 15 is 0 Å². The lowest BCUT2D eigenvalue weighted by atomic mass is 9.97. The Morgan fingerprint density at radius 2 is 2.08 bits per heavy atom. The maximum absolute atomic E-state index is 12.5. The van der Waals surface area contributed by atoms with E-state index < -0.39 is 0 Å². The summed E-state index contributed by atoms with van der Waals surface area (Å²) in [7, 11) is 0. The number of aromatic nitrogens is 2. The summed E-state index contributed by atoms with van der Waals surface area (Å²) in [4.78, 5) is 30.0. The molecule has 1 aromatic heterocycles. The van der Waals surface area contributed by atoms with Crippen LogP contribution in [0.1, 0.15) is 30.9 Å². The zero-order valence-electron chi connectivity index (χ0n) is 15.0. The monoisotopic (exact) mass is 373 g/mol.